The fraction of sp³-hybridized carbons (Fsp3) is 0.353. The molecule has 7 heteroatoms. The average Bonchev–Trinajstić information content (AvgIpc) is 3.08. The van der Waals surface area contributed by atoms with Crippen LogP contribution in [0.1, 0.15) is 28.9 Å². The zero-order valence-corrected chi connectivity index (χ0v) is 13.3. The number of fused-ring (bicyclic) bond motifs is 1. The molecule has 3 heterocycles. The quantitative estimate of drug-likeness (QED) is 0.689. The van der Waals surface area contributed by atoms with Crippen LogP contribution in [0, 0.1) is 6.92 Å². The van der Waals surface area contributed by atoms with Crippen LogP contribution in [0.3, 0.4) is 0 Å². The smallest absolute Gasteiger partial charge is 0.322 e. The highest BCUT2D eigenvalue weighted by Crippen LogP contribution is 2.27. The molecule has 24 heavy (non-hydrogen) atoms. The van der Waals surface area contributed by atoms with E-state index in [-0.39, 0.29) is 11.8 Å². The predicted octanol–water partition coefficient (Wildman–Crippen LogP) is 1.29. The molecule has 2 aromatic rings. The largest absolute Gasteiger partial charge is 0.351 e. The van der Waals surface area contributed by atoms with Crippen molar-refractivity contribution in [2.75, 3.05) is 13.1 Å². The van der Waals surface area contributed by atoms with Gasteiger partial charge in [-0.25, -0.2) is 4.79 Å². The summed E-state index contributed by atoms with van der Waals surface area (Å²) >= 11 is 0. The van der Waals surface area contributed by atoms with Gasteiger partial charge in [0.05, 0.1) is 0 Å². The maximum atomic E-state index is 12.7. The van der Waals surface area contributed by atoms with Gasteiger partial charge in [0.25, 0.3) is 11.8 Å². The number of nitrogens with zero attached hydrogens (tertiary/aromatic N) is 1. The lowest BCUT2D eigenvalue weighted by atomic mass is 9.87. The summed E-state index contributed by atoms with van der Waals surface area (Å²) in [5.41, 5.74) is 1.76. The second-order valence-corrected chi connectivity index (χ2v) is 6.56. The first kappa shape index (κ1) is 14.7. The number of H-pyrrole nitrogens is 1. The second kappa shape index (κ2) is 5.09. The molecule has 0 saturated carbocycles. The summed E-state index contributed by atoms with van der Waals surface area (Å²) < 4.78 is 0. The van der Waals surface area contributed by atoms with E-state index < -0.39 is 11.6 Å². The van der Waals surface area contributed by atoms with Crippen molar-refractivity contribution in [1.29, 1.82) is 0 Å². The van der Waals surface area contributed by atoms with Crippen LogP contribution in [0.4, 0.5) is 4.79 Å². The van der Waals surface area contributed by atoms with E-state index in [4.69, 9.17) is 0 Å². The third-order valence-corrected chi connectivity index (χ3v) is 4.93. The number of hydrogen-bond acceptors (Lipinski definition) is 3. The van der Waals surface area contributed by atoms with Crippen molar-refractivity contribution < 1.29 is 14.4 Å². The zero-order valence-electron chi connectivity index (χ0n) is 13.3. The van der Waals surface area contributed by atoms with E-state index in [1.54, 1.807) is 4.90 Å². The van der Waals surface area contributed by atoms with E-state index >= 15 is 0 Å². The van der Waals surface area contributed by atoms with Crippen LogP contribution < -0.4 is 10.6 Å². The van der Waals surface area contributed by atoms with Crippen molar-refractivity contribution in [3.8, 4) is 0 Å². The molecule has 0 radical (unpaired) electrons. The predicted molar refractivity (Wildman–Crippen MR) is 87.6 cm³/mol. The molecule has 0 bridgehead atoms. The standard InChI is InChI=1S/C17H18N4O3/c1-10-2-3-12-11(8-10)9-13(18-12)14(22)21-6-4-17(5-7-21)15(23)19-16(24)20-17/h2-3,8-9,18H,4-7H2,1H3,(H2,19,20,23,24). The van der Waals surface area contributed by atoms with Crippen molar-refractivity contribution in [3.63, 3.8) is 0 Å². The number of likely N-dealkylation sites (tertiary alicyclic amines) is 1. The number of urea groups is 1. The maximum Gasteiger partial charge on any atom is 0.322 e. The molecule has 124 valence electrons. The van der Waals surface area contributed by atoms with Crippen LogP contribution in [-0.2, 0) is 4.79 Å². The summed E-state index contributed by atoms with van der Waals surface area (Å²) in [7, 11) is 0. The molecule has 1 aromatic carbocycles. The van der Waals surface area contributed by atoms with Gasteiger partial charge in [0, 0.05) is 24.0 Å². The Morgan fingerprint density at radius 2 is 1.92 bits per heavy atom. The summed E-state index contributed by atoms with van der Waals surface area (Å²) in [6, 6.07) is 7.40. The van der Waals surface area contributed by atoms with Gasteiger partial charge in [0.15, 0.2) is 0 Å². The molecular formula is C17H18N4O3. The molecule has 4 amide bonds. The molecule has 2 aliphatic heterocycles. The Labute approximate surface area is 138 Å². The number of benzene rings is 1. The molecule has 1 spiro atoms. The molecule has 3 N–H and O–H groups in total. The van der Waals surface area contributed by atoms with Crippen molar-refractivity contribution in [2.45, 2.75) is 25.3 Å². The Hall–Kier alpha value is -2.83. The Kier molecular flexibility index (Phi) is 3.13. The van der Waals surface area contributed by atoms with Crippen LogP contribution in [-0.4, -0.2) is 46.4 Å². The lowest BCUT2D eigenvalue weighted by Gasteiger charge is -2.36. The lowest BCUT2D eigenvalue weighted by Crippen LogP contribution is -2.55. The Morgan fingerprint density at radius 1 is 1.17 bits per heavy atom. The molecule has 2 saturated heterocycles. The number of imide groups is 1. The van der Waals surface area contributed by atoms with Crippen LogP contribution >= 0.6 is 0 Å². The molecule has 0 unspecified atom stereocenters. The minimum Gasteiger partial charge on any atom is -0.351 e. The molecule has 4 rings (SSSR count). The minimum atomic E-state index is -0.856. The highest BCUT2D eigenvalue weighted by atomic mass is 16.2. The van der Waals surface area contributed by atoms with E-state index in [2.05, 4.69) is 15.6 Å². The number of amides is 4. The van der Waals surface area contributed by atoms with Crippen LogP contribution in [0.15, 0.2) is 24.3 Å². The fourth-order valence-corrected chi connectivity index (χ4v) is 3.51. The molecular weight excluding hydrogens is 308 g/mol. The molecule has 7 nitrogen and oxygen atoms in total. The number of aromatic nitrogens is 1. The molecule has 2 aliphatic rings. The zero-order chi connectivity index (χ0) is 16.9. The minimum absolute atomic E-state index is 0.0802. The first-order valence-electron chi connectivity index (χ1n) is 7.99. The average molecular weight is 326 g/mol. The van der Waals surface area contributed by atoms with E-state index in [1.807, 2.05) is 31.2 Å². The highest BCUT2D eigenvalue weighted by molar-refractivity contribution is 6.07. The number of aromatic amines is 1. The van der Waals surface area contributed by atoms with Gasteiger partial charge in [-0.2, -0.15) is 0 Å². The highest BCUT2D eigenvalue weighted by Gasteiger charge is 2.48. The van der Waals surface area contributed by atoms with Gasteiger partial charge in [-0.3, -0.25) is 14.9 Å². The van der Waals surface area contributed by atoms with Gasteiger partial charge in [-0.15, -0.1) is 0 Å². The summed E-state index contributed by atoms with van der Waals surface area (Å²) in [4.78, 5) is 40.9. The van der Waals surface area contributed by atoms with Crippen LogP contribution in [0.2, 0.25) is 0 Å². The van der Waals surface area contributed by atoms with Gasteiger partial charge >= 0.3 is 6.03 Å². The third-order valence-electron chi connectivity index (χ3n) is 4.93. The van der Waals surface area contributed by atoms with Crippen molar-refractivity contribution in [2.24, 2.45) is 0 Å². The van der Waals surface area contributed by atoms with E-state index in [1.165, 1.54) is 0 Å². The van der Waals surface area contributed by atoms with Crippen molar-refractivity contribution in [1.82, 2.24) is 20.5 Å². The van der Waals surface area contributed by atoms with E-state index in [0.717, 1.165) is 16.5 Å². The summed E-state index contributed by atoms with van der Waals surface area (Å²) in [6.07, 6.45) is 0.852. The normalized spacial score (nSPS) is 19.6. The number of aryl methyl sites for hydroxylation is 1. The van der Waals surface area contributed by atoms with Gasteiger partial charge in [-0.1, -0.05) is 11.6 Å². The monoisotopic (exact) mass is 326 g/mol. The fourth-order valence-electron chi connectivity index (χ4n) is 3.51. The van der Waals surface area contributed by atoms with Crippen molar-refractivity contribution >= 4 is 28.7 Å². The number of hydrogen-bond donors (Lipinski definition) is 3. The van der Waals surface area contributed by atoms with Crippen LogP contribution in [0.5, 0.6) is 0 Å². The lowest BCUT2D eigenvalue weighted by molar-refractivity contribution is -0.125. The second-order valence-electron chi connectivity index (χ2n) is 6.56. The number of nitrogens with one attached hydrogen (secondary N) is 3. The van der Waals surface area contributed by atoms with Gasteiger partial charge < -0.3 is 15.2 Å². The molecule has 1 aromatic heterocycles. The SMILES string of the molecule is Cc1ccc2[nH]c(C(=O)N3CCC4(CC3)NC(=O)NC4=O)cc2c1. The molecule has 0 atom stereocenters. The van der Waals surface area contributed by atoms with Gasteiger partial charge in [0.2, 0.25) is 0 Å². The maximum absolute atomic E-state index is 12.7. The number of carbonyl (C=O) groups is 3. The third kappa shape index (κ3) is 2.24. The Balaban J connectivity index is 1.51. The topological polar surface area (TPSA) is 94.3 Å². The number of rotatable bonds is 1. The Morgan fingerprint density at radius 3 is 2.58 bits per heavy atom. The first-order chi connectivity index (χ1) is 11.5. The summed E-state index contributed by atoms with van der Waals surface area (Å²) in [6.45, 7) is 2.88. The summed E-state index contributed by atoms with van der Waals surface area (Å²) in [5, 5.41) is 5.99. The number of piperidine rings is 1. The van der Waals surface area contributed by atoms with Crippen LogP contribution in [0.25, 0.3) is 10.9 Å². The Bertz CT molecular complexity index is 862. The van der Waals surface area contributed by atoms with Gasteiger partial charge in [0.1, 0.15) is 11.2 Å². The summed E-state index contributed by atoms with van der Waals surface area (Å²) in [5.74, 6) is -0.371. The van der Waals surface area contributed by atoms with E-state index in [9.17, 15) is 14.4 Å². The first-order valence-corrected chi connectivity index (χ1v) is 7.99. The van der Waals surface area contributed by atoms with E-state index in [0.29, 0.717) is 31.6 Å². The molecule has 2 fully saturated rings. The molecule has 0 aliphatic carbocycles. The van der Waals surface area contributed by atoms with Crippen molar-refractivity contribution in [3.05, 3.63) is 35.5 Å². The number of carbonyl (C=O) groups excluding carboxylic acids is 3. The van der Waals surface area contributed by atoms with Gasteiger partial charge in [-0.05, 0) is 38.0 Å².